The largest absolute Gasteiger partial charge is 0.366 e. The summed E-state index contributed by atoms with van der Waals surface area (Å²) in [5.41, 5.74) is 6.97. The number of amides is 2. The van der Waals surface area contributed by atoms with E-state index in [9.17, 15) is 9.59 Å². The molecule has 138 valence electrons. The second-order valence-electron chi connectivity index (χ2n) is 5.65. The smallest absolute Gasteiger partial charge is 0.248 e. The molecule has 3 aromatic rings. The first-order valence-corrected chi connectivity index (χ1v) is 9.23. The lowest BCUT2D eigenvalue weighted by Crippen LogP contribution is -2.23. The van der Waals surface area contributed by atoms with E-state index in [0.717, 1.165) is 5.69 Å². The Bertz CT molecular complexity index is 974. The van der Waals surface area contributed by atoms with Gasteiger partial charge in [-0.2, -0.15) is 0 Å². The molecule has 0 saturated heterocycles. The number of nitrogens with zero attached hydrogens (tertiary/aromatic N) is 3. The molecule has 2 aromatic carbocycles. The van der Waals surface area contributed by atoms with Gasteiger partial charge in [-0.15, -0.1) is 10.2 Å². The molecular weight excluding hydrogens is 386 g/mol. The first-order valence-electron chi connectivity index (χ1n) is 7.97. The average Bonchev–Trinajstić information content (AvgIpc) is 3.10. The summed E-state index contributed by atoms with van der Waals surface area (Å²) in [7, 11) is 0. The van der Waals surface area contributed by atoms with Crippen LogP contribution in [0, 0.1) is 0 Å². The summed E-state index contributed by atoms with van der Waals surface area (Å²) in [5.74, 6) is -0.718. The summed E-state index contributed by atoms with van der Waals surface area (Å²) in [5, 5.41) is 11.6. The van der Waals surface area contributed by atoms with E-state index in [2.05, 4.69) is 15.5 Å². The van der Waals surface area contributed by atoms with Crippen molar-refractivity contribution in [3.8, 4) is 5.69 Å². The van der Waals surface area contributed by atoms with Gasteiger partial charge in [0.15, 0.2) is 5.16 Å². The fourth-order valence-corrected chi connectivity index (χ4v) is 3.31. The molecule has 0 saturated carbocycles. The maximum Gasteiger partial charge on any atom is 0.248 e. The van der Waals surface area contributed by atoms with E-state index in [0.29, 0.717) is 21.4 Å². The third-order valence-electron chi connectivity index (χ3n) is 3.69. The van der Waals surface area contributed by atoms with Crippen LogP contribution >= 0.6 is 23.4 Å². The van der Waals surface area contributed by atoms with Crippen LogP contribution in [0.5, 0.6) is 0 Å². The third kappa shape index (κ3) is 4.66. The Morgan fingerprint density at radius 3 is 2.63 bits per heavy atom. The zero-order chi connectivity index (χ0) is 19.4. The van der Waals surface area contributed by atoms with Crippen LogP contribution in [0.2, 0.25) is 5.02 Å². The first kappa shape index (κ1) is 18.9. The summed E-state index contributed by atoms with van der Waals surface area (Å²) in [6.07, 6.45) is 1.57. The van der Waals surface area contributed by atoms with Gasteiger partial charge < -0.3 is 11.1 Å². The van der Waals surface area contributed by atoms with Gasteiger partial charge in [-0.25, -0.2) is 0 Å². The van der Waals surface area contributed by atoms with Crippen LogP contribution in [0.4, 0.5) is 5.69 Å². The Kier molecular flexibility index (Phi) is 5.78. The van der Waals surface area contributed by atoms with Gasteiger partial charge in [-0.3, -0.25) is 14.2 Å². The van der Waals surface area contributed by atoms with E-state index < -0.39 is 11.2 Å². The number of nitrogens with one attached hydrogen (secondary N) is 1. The number of carbonyl (C=O) groups excluding carboxylic acids is 2. The number of anilines is 1. The second kappa shape index (κ2) is 8.24. The van der Waals surface area contributed by atoms with Crippen molar-refractivity contribution in [3.05, 3.63) is 65.4 Å². The number of benzene rings is 2. The minimum absolute atomic E-state index is 0.201. The highest BCUT2D eigenvalue weighted by Gasteiger charge is 2.19. The van der Waals surface area contributed by atoms with Crippen LogP contribution in [0.15, 0.2) is 60.0 Å². The summed E-state index contributed by atoms with van der Waals surface area (Å²) in [6.45, 7) is 1.77. The van der Waals surface area contributed by atoms with Crippen LogP contribution < -0.4 is 11.1 Å². The van der Waals surface area contributed by atoms with Gasteiger partial charge in [0, 0.05) is 16.3 Å². The molecule has 1 atom stereocenters. The third-order valence-corrected chi connectivity index (χ3v) is 4.98. The highest BCUT2D eigenvalue weighted by molar-refractivity contribution is 8.00. The lowest BCUT2D eigenvalue weighted by atomic mass is 10.2. The molecular formula is C18H16ClN5O2S. The van der Waals surface area contributed by atoms with Gasteiger partial charge in [0.05, 0.1) is 10.9 Å². The SMILES string of the molecule is CC(Sc1nncn1-c1cccc(Cl)c1)C(=O)Nc1ccc(C(N)=O)cc1. The second-order valence-corrected chi connectivity index (χ2v) is 7.40. The number of hydrogen-bond donors (Lipinski definition) is 2. The quantitative estimate of drug-likeness (QED) is 0.617. The molecule has 9 heteroatoms. The van der Waals surface area contributed by atoms with Crippen molar-refractivity contribution in [2.75, 3.05) is 5.32 Å². The Morgan fingerprint density at radius 2 is 1.96 bits per heavy atom. The minimum Gasteiger partial charge on any atom is -0.366 e. The van der Waals surface area contributed by atoms with Crippen molar-refractivity contribution in [1.29, 1.82) is 0 Å². The molecule has 3 N–H and O–H groups in total. The van der Waals surface area contributed by atoms with Crippen LogP contribution in [0.25, 0.3) is 5.69 Å². The molecule has 0 spiro atoms. The van der Waals surface area contributed by atoms with Crippen molar-refractivity contribution >= 4 is 40.9 Å². The van der Waals surface area contributed by atoms with Gasteiger partial charge in [0.1, 0.15) is 6.33 Å². The summed E-state index contributed by atoms with van der Waals surface area (Å²) in [6, 6.07) is 13.7. The van der Waals surface area contributed by atoms with Crippen molar-refractivity contribution in [2.45, 2.75) is 17.3 Å². The van der Waals surface area contributed by atoms with Crippen LogP contribution in [-0.4, -0.2) is 31.8 Å². The predicted octanol–water partition coefficient (Wildman–Crippen LogP) is 3.14. The summed E-state index contributed by atoms with van der Waals surface area (Å²) < 4.78 is 1.77. The zero-order valence-electron chi connectivity index (χ0n) is 14.3. The first-order chi connectivity index (χ1) is 12.9. The number of aromatic nitrogens is 3. The van der Waals surface area contributed by atoms with Crippen molar-refractivity contribution in [3.63, 3.8) is 0 Å². The van der Waals surface area contributed by atoms with Crippen LogP contribution in [0.1, 0.15) is 17.3 Å². The normalized spacial score (nSPS) is 11.8. The van der Waals surface area contributed by atoms with Gasteiger partial charge >= 0.3 is 0 Å². The van der Waals surface area contributed by atoms with E-state index in [1.807, 2.05) is 12.1 Å². The number of thioether (sulfide) groups is 1. The number of rotatable bonds is 6. The lowest BCUT2D eigenvalue weighted by Gasteiger charge is -2.13. The van der Waals surface area contributed by atoms with E-state index in [1.54, 1.807) is 54.2 Å². The zero-order valence-corrected chi connectivity index (χ0v) is 15.9. The summed E-state index contributed by atoms with van der Waals surface area (Å²) >= 11 is 7.31. The molecule has 0 aliphatic rings. The molecule has 0 fully saturated rings. The van der Waals surface area contributed by atoms with Crippen LogP contribution in [-0.2, 0) is 4.79 Å². The van der Waals surface area contributed by atoms with Crippen molar-refractivity contribution in [1.82, 2.24) is 14.8 Å². The standard InChI is InChI=1S/C18H16ClN5O2S/c1-11(17(26)22-14-7-5-12(6-8-14)16(20)25)27-18-23-21-10-24(18)15-4-2-3-13(19)9-15/h2-11H,1H3,(H2,20,25)(H,22,26). The number of nitrogens with two attached hydrogens (primary N) is 1. The molecule has 1 aromatic heterocycles. The number of carbonyl (C=O) groups is 2. The molecule has 0 aliphatic heterocycles. The lowest BCUT2D eigenvalue weighted by molar-refractivity contribution is -0.115. The van der Waals surface area contributed by atoms with Gasteiger partial charge in [-0.05, 0) is 49.4 Å². The minimum atomic E-state index is -0.517. The molecule has 0 bridgehead atoms. The maximum absolute atomic E-state index is 12.5. The predicted molar refractivity (Wildman–Crippen MR) is 105 cm³/mol. The molecule has 0 aliphatic carbocycles. The van der Waals surface area contributed by atoms with Crippen molar-refractivity contribution in [2.24, 2.45) is 5.73 Å². The highest BCUT2D eigenvalue weighted by atomic mass is 35.5. The fraction of sp³-hybridized carbons (Fsp3) is 0.111. The maximum atomic E-state index is 12.5. The van der Waals surface area contributed by atoms with Gasteiger partial charge in [0.25, 0.3) is 0 Å². The fourth-order valence-electron chi connectivity index (χ4n) is 2.28. The Labute approximate surface area is 164 Å². The van der Waals surface area contributed by atoms with E-state index in [-0.39, 0.29) is 5.91 Å². The monoisotopic (exact) mass is 401 g/mol. The van der Waals surface area contributed by atoms with Crippen LogP contribution in [0.3, 0.4) is 0 Å². The van der Waals surface area contributed by atoms with E-state index >= 15 is 0 Å². The number of primary amides is 1. The van der Waals surface area contributed by atoms with Crippen molar-refractivity contribution < 1.29 is 9.59 Å². The van der Waals surface area contributed by atoms with Gasteiger partial charge in [0.2, 0.25) is 11.8 Å². The molecule has 3 rings (SSSR count). The topological polar surface area (TPSA) is 103 Å². The Morgan fingerprint density at radius 1 is 1.22 bits per heavy atom. The Hall–Kier alpha value is -2.84. The van der Waals surface area contributed by atoms with E-state index in [4.69, 9.17) is 17.3 Å². The molecule has 0 radical (unpaired) electrons. The number of hydrogen-bond acceptors (Lipinski definition) is 5. The summed E-state index contributed by atoms with van der Waals surface area (Å²) in [4.78, 5) is 23.6. The molecule has 1 unspecified atom stereocenters. The average molecular weight is 402 g/mol. The molecule has 2 amide bonds. The highest BCUT2D eigenvalue weighted by Crippen LogP contribution is 2.25. The number of halogens is 1. The van der Waals surface area contributed by atoms with E-state index in [1.165, 1.54) is 11.8 Å². The Balaban J connectivity index is 1.69. The molecule has 27 heavy (non-hydrogen) atoms. The van der Waals surface area contributed by atoms with Gasteiger partial charge in [-0.1, -0.05) is 29.4 Å². The molecule has 7 nitrogen and oxygen atoms in total. The molecule has 1 heterocycles.